The van der Waals surface area contributed by atoms with Crippen LogP contribution in [-0.2, 0) is 12.8 Å². The average Bonchev–Trinajstić information content (AvgIpc) is 2.72. The summed E-state index contributed by atoms with van der Waals surface area (Å²) in [6.45, 7) is 0. The Morgan fingerprint density at radius 3 is 2.54 bits per heavy atom. The number of anilines is 2. The molecule has 0 bridgehead atoms. The first kappa shape index (κ1) is 17.9. The Labute approximate surface area is 162 Å². The molecule has 0 aliphatic heterocycles. The molecule has 1 heterocycles. The Morgan fingerprint density at radius 1 is 0.964 bits per heavy atom. The largest absolute Gasteiger partial charge is 0.504 e. The number of phenolic OH excluding ortho intramolecular Hbond substituents is 1. The van der Waals surface area contributed by atoms with Gasteiger partial charge >= 0.3 is 0 Å². The highest BCUT2D eigenvalue weighted by molar-refractivity contribution is 5.73. The summed E-state index contributed by atoms with van der Waals surface area (Å²) in [6, 6.07) is 9.32. The number of rotatable bonds is 5. The van der Waals surface area contributed by atoms with E-state index in [9.17, 15) is 5.11 Å². The smallest absolute Gasteiger partial charge is 0.227 e. The van der Waals surface area contributed by atoms with Crippen molar-refractivity contribution in [2.75, 3.05) is 26.6 Å². The maximum Gasteiger partial charge on any atom is 0.227 e. The zero-order valence-electron chi connectivity index (χ0n) is 15.9. The summed E-state index contributed by atoms with van der Waals surface area (Å²) in [7, 11) is 4.64. The highest BCUT2D eigenvalue weighted by Gasteiger charge is 2.20. The van der Waals surface area contributed by atoms with E-state index in [0.717, 1.165) is 35.4 Å². The Kier molecular flexibility index (Phi) is 4.65. The van der Waals surface area contributed by atoms with E-state index in [1.807, 2.05) is 18.3 Å². The highest BCUT2D eigenvalue weighted by Crippen LogP contribution is 2.40. The standard InChI is InChI=1S/C21H21N3O4/c1-26-15-7-6-12-4-5-13-11-22-21(24-19(13)16(12)10-15)23-14-8-17(25)20(28-3)18(9-14)27-2/h6-11,25H,4-5H2,1-3H3,(H,22,23,24). The van der Waals surface area contributed by atoms with Crippen LogP contribution in [0.3, 0.4) is 0 Å². The zero-order chi connectivity index (χ0) is 19.7. The van der Waals surface area contributed by atoms with Gasteiger partial charge in [-0.15, -0.1) is 0 Å². The molecule has 28 heavy (non-hydrogen) atoms. The average molecular weight is 379 g/mol. The van der Waals surface area contributed by atoms with Crippen LogP contribution in [0.5, 0.6) is 23.0 Å². The van der Waals surface area contributed by atoms with Crippen LogP contribution in [-0.4, -0.2) is 36.4 Å². The molecule has 3 aromatic rings. The Balaban J connectivity index is 1.71. The second-order valence-corrected chi connectivity index (χ2v) is 6.45. The lowest BCUT2D eigenvalue weighted by Gasteiger charge is -2.20. The lowest BCUT2D eigenvalue weighted by Crippen LogP contribution is -2.09. The minimum Gasteiger partial charge on any atom is -0.504 e. The van der Waals surface area contributed by atoms with Crippen molar-refractivity contribution in [3.05, 3.63) is 47.7 Å². The highest BCUT2D eigenvalue weighted by atomic mass is 16.5. The molecule has 1 aliphatic rings. The van der Waals surface area contributed by atoms with E-state index < -0.39 is 0 Å². The summed E-state index contributed by atoms with van der Waals surface area (Å²) in [4.78, 5) is 9.14. The molecule has 7 nitrogen and oxygen atoms in total. The Morgan fingerprint density at radius 2 is 1.79 bits per heavy atom. The summed E-state index contributed by atoms with van der Waals surface area (Å²) in [5.41, 5.74) is 4.88. The van der Waals surface area contributed by atoms with Crippen molar-refractivity contribution in [2.45, 2.75) is 12.8 Å². The van der Waals surface area contributed by atoms with Gasteiger partial charge in [-0.2, -0.15) is 0 Å². The maximum absolute atomic E-state index is 10.2. The quantitative estimate of drug-likeness (QED) is 0.699. The topological polar surface area (TPSA) is 85.7 Å². The fourth-order valence-electron chi connectivity index (χ4n) is 3.42. The van der Waals surface area contributed by atoms with Crippen molar-refractivity contribution in [3.63, 3.8) is 0 Å². The minimum absolute atomic E-state index is 0.0302. The zero-order valence-corrected chi connectivity index (χ0v) is 15.9. The maximum atomic E-state index is 10.2. The van der Waals surface area contributed by atoms with Crippen molar-refractivity contribution < 1.29 is 19.3 Å². The van der Waals surface area contributed by atoms with Gasteiger partial charge in [-0.3, -0.25) is 0 Å². The number of phenols is 1. The van der Waals surface area contributed by atoms with Gasteiger partial charge in [0.2, 0.25) is 11.7 Å². The van der Waals surface area contributed by atoms with E-state index in [2.05, 4.69) is 16.4 Å². The number of benzene rings is 2. The van der Waals surface area contributed by atoms with Gasteiger partial charge in [0, 0.05) is 29.6 Å². The fraction of sp³-hybridized carbons (Fsp3) is 0.238. The van der Waals surface area contributed by atoms with Gasteiger partial charge in [0.05, 0.1) is 27.0 Å². The van der Waals surface area contributed by atoms with E-state index in [1.165, 1.54) is 19.8 Å². The van der Waals surface area contributed by atoms with Crippen molar-refractivity contribution in [3.8, 4) is 34.3 Å². The number of aromatic nitrogens is 2. The fourth-order valence-corrected chi connectivity index (χ4v) is 3.42. The molecule has 2 N–H and O–H groups in total. The summed E-state index contributed by atoms with van der Waals surface area (Å²) in [6.07, 6.45) is 3.69. The van der Waals surface area contributed by atoms with Gasteiger partial charge in [-0.05, 0) is 36.1 Å². The minimum atomic E-state index is -0.0302. The van der Waals surface area contributed by atoms with E-state index >= 15 is 0 Å². The first-order chi connectivity index (χ1) is 13.6. The molecule has 0 spiro atoms. The molecule has 2 aromatic carbocycles. The third-order valence-electron chi connectivity index (χ3n) is 4.82. The number of ether oxygens (including phenoxy) is 3. The van der Waals surface area contributed by atoms with E-state index in [0.29, 0.717) is 17.4 Å². The number of aromatic hydroxyl groups is 1. The van der Waals surface area contributed by atoms with E-state index in [-0.39, 0.29) is 11.5 Å². The first-order valence-electron chi connectivity index (χ1n) is 8.88. The number of hydrogen-bond acceptors (Lipinski definition) is 7. The number of fused-ring (bicyclic) bond motifs is 3. The van der Waals surface area contributed by atoms with Gasteiger partial charge < -0.3 is 24.6 Å². The van der Waals surface area contributed by atoms with Crippen LogP contribution < -0.4 is 19.5 Å². The number of methoxy groups -OCH3 is 3. The summed E-state index contributed by atoms with van der Waals surface area (Å²) in [5.74, 6) is 1.89. The predicted molar refractivity (Wildman–Crippen MR) is 106 cm³/mol. The molecule has 1 aromatic heterocycles. The van der Waals surface area contributed by atoms with Gasteiger partial charge in [0.25, 0.3) is 0 Å². The molecule has 4 rings (SSSR count). The van der Waals surface area contributed by atoms with Crippen LogP contribution in [0.25, 0.3) is 11.3 Å². The van der Waals surface area contributed by atoms with Crippen LogP contribution in [0.1, 0.15) is 11.1 Å². The monoisotopic (exact) mass is 379 g/mol. The predicted octanol–water partition coefficient (Wildman–Crippen LogP) is 3.72. The van der Waals surface area contributed by atoms with Crippen molar-refractivity contribution in [1.82, 2.24) is 9.97 Å². The van der Waals surface area contributed by atoms with Crippen LogP contribution in [0.4, 0.5) is 11.6 Å². The van der Waals surface area contributed by atoms with Crippen molar-refractivity contribution in [2.24, 2.45) is 0 Å². The van der Waals surface area contributed by atoms with Crippen LogP contribution in [0.15, 0.2) is 36.5 Å². The molecular weight excluding hydrogens is 358 g/mol. The molecule has 0 amide bonds. The molecule has 1 aliphatic carbocycles. The number of nitrogens with zero attached hydrogens (tertiary/aromatic N) is 2. The lowest BCUT2D eigenvalue weighted by atomic mass is 9.90. The second kappa shape index (κ2) is 7.26. The molecular formula is C21H21N3O4. The second-order valence-electron chi connectivity index (χ2n) is 6.45. The molecule has 7 heteroatoms. The van der Waals surface area contributed by atoms with Crippen molar-refractivity contribution >= 4 is 11.6 Å². The summed E-state index contributed by atoms with van der Waals surface area (Å²) >= 11 is 0. The molecule has 0 unspecified atom stereocenters. The first-order valence-corrected chi connectivity index (χ1v) is 8.88. The third kappa shape index (κ3) is 3.15. The SMILES string of the molecule is COc1ccc2c(c1)-c1nc(Nc3cc(O)c(OC)c(OC)c3)ncc1CC2. The number of nitrogens with one attached hydrogen (secondary N) is 1. The number of hydrogen-bond donors (Lipinski definition) is 2. The van der Waals surface area contributed by atoms with Crippen LogP contribution in [0.2, 0.25) is 0 Å². The van der Waals surface area contributed by atoms with Gasteiger partial charge in [0.15, 0.2) is 11.5 Å². The molecule has 0 saturated carbocycles. The molecule has 0 fully saturated rings. The molecule has 0 saturated heterocycles. The summed E-state index contributed by atoms with van der Waals surface area (Å²) in [5, 5.41) is 13.3. The van der Waals surface area contributed by atoms with Crippen LogP contribution in [0, 0.1) is 0 Å². The molecule has 144 valence electrons. The Bertz CT molecular complexity index is 1040. The molecule has 0 atom stereocenters. The van der Waals surface area contributed by atoms with Crippen LogP contribution >= 0.6 is 0 Å². The van der Waals surface area contributed by atoms with Gasteiger partial charge in [-0.25, -0.2) is 9.97 Å². The Hall–Kier alpha value is -3.48. The normalized spacial score (nSPS) is 12.0. The third-order valence-corrected chi connectivity index (χ3v) is 4.82. The van der Waals surface area contributed by atoms with Crippen molar-refractivity contribution in [1.29, 1.82) is 0 Å². The lowest BCUT2D eigenvalue weighted by molar-refractivity contribution is 0.333. The van der Waals surface area contributed by atoms with E-state index in [4.69, 9.17) is 19.2 Å². The van der Waals surface area contributed by atoms with E-state index in [1.54, 1.807) is 19.2 Å². The number of aryl methyl sites for hydroxylation is 2. The molecule has 0 radical (unpaired) electrons. The van der Waals surface area contributed by atoms with Gasteiger partial charge in [-0.1, -0.05) is 6.07 Å². The summed E-state index contributed by atoms with van der Waals surface area (Å²) < 4.78 is 15.8. The van der Waals surface area contributed by atoms with Gasteiger partial charge in [0.1, 0.15) is 5.75 Å².